The van der Waals surface area contributed by atoms with Crippen molar-refractivity contribution < 1.29 is 24.2 Å². The number of aryl methyl sites for hydroxylation is 1. The van der Waals surface area contributed by atoms with E-state index in [4.69, 9.17) is 9.47 Å². The van der Waals surface area contributed by atoms with Crippen LogP contribution in [0.3, 0.4) is 0 Å². The van der Waals surface area contributed by atoms with Crippen LogP contribution in [0.2, 0.25) is 0 Å². The molecule has 1 amide bonds. The zero-order valence-electron chi connectivity index (χ0n) is 23.7. The average Bonchev–Trinajstić information content (AvgIpc) is 3.45. The molecule has 8 nitrogen and oxygen atoms in total. The van der Waals surface area contributed by atoms with Crippen molar-refractivity contribution >= 4 is 23.1 Å². The van der Waals surface area contributed by atoms with Gasteiger partial charge in [-0.25, -0.2) is 4.98 Å². The van der Waals surface area contributed by atoms with Crippen molar-refractivity contribution in [1.29, 1.82) is 0 Å². The Bertz CT molecular complexity index is 1590. The van der Waals surface area contributed by atoms with E-state index in [9.17, 15) is 14.7 Å². The average molecular weight is 554 g/mol. The van der Waals surface area contributed by atoms with E-state index in [1.807, 2.05) is 73.7 Å². The number of pyridine rings is 1. The van der Waals surface area contributed by atoms with Crippen molar-refractivity contribution in [2.45, 2.75) is 46.1 Å². The molecular weight excluding hydrogens is 518 g/mol. The lowest BCUT2D eigenvalue weighted by molar-refractivity contribution is -0.139. The van der Waals surface area contributed by atoms with Gasteiger partial charge < -0.3 is 19.5 Å². The third kappa shape index (κ3) is 5.55. The summed E-state index contributed by atoms with van der Waals surface area (Å²) in [6.07, 6.45) is 4.24. The molecule has 1 fully saturated rings. The fourth-order valence-corrected chi connectivity index (χ4v) is 5.29. The molecule has 2 aromatic heterocycles. The lowest BCUT2D eigenvalue weighted by Gasteiger charge is -2.26. The first-order valence-corrected chi connectivity index (χ1v) is 14.1. The van der Waals surface area contributed by atoms with E-state index in [1.54, 1.807) is 22.4 Å². The number of Topliss-reactive ketones (excluding diaryl/α,β-unsaturated/α-hetero) is 1. The molecule has 1 unspecified atom stereocenters. The highest BCUT2D eigenvalue weighted by Gasteiger charge is 2.46. The van der Waals surface area contributed by atoms with Crippen LogP contribution in [0.1, 0.15) is 55.2 Å². The van der Waals surface area contributed by atoms with Crippen molar-refractivity contribution in [2.75, 3.05) is 19.8 Å². The van der Waals surface area contributed by atoms with Gasteiger partial charge in [0.05, 0.1) is 30.5 Å². The number of ether oxygens (including phenoxy) is 2. The van der Waals surface area contributed by atoms with E-state index in [-0.39, 0.29) is 11.3 Å². The minimum Gasteiger partial charge on any atom is -0.505 e. The topological polar surface area (TPSA) is 93.4 Å². The molecule has 8 heteroatoms. The quantitative estimate of drug-likeness (QED) is 0.108. The molecule has 0 saturated carbocycles. The van der Waals surface area contributed by atoms with E-state index in [2.05, 4.69) is 11.9 Å². The highest BCUT2D eigenvalue weighted by molar-refractivity contribution is 6.46. The van der Waals surface area contributed by atoms with Crippen LogP contribution >= 0.6 is 0 Å². The molecule has 0 aliphatic carbocycles. The SMILES string of the molecule is CCCCOc1ccc(C2/C(=C(\O)c3c(C)nc4ccccn34)C(=O)C(=O)N2CCc2ccccc2)cc1OCC. The van der Waals surface area contributed by atoms with Crippen molar-refractivity contribution in [1.82, 2.24) is 14.3 Å². The van der Waals surface area contributed by atoms with E-state index >= 15 is 0 Å². The lowest BCUT2D eigenvalue weighted by atomic mass is 9.95. The molecule has 2 aromatic carbocycles. The summed E-state index contributed by atoms with van der Waals surface area (Å²) in [7, 11) is 0. The van der Waals surface area contributed by atoms with Crippen molar-refractivity contribution in [3.63, 3.8) is 0 Å². The predicted octanol–water partition coefficient (Wildman–Crippen LogP) is 5.88. The summed E-state index contributed by atoms with van der Waals surface area (Å²) in [4.78, 5) is 33.3. The summed E-state index contributed by atoms with van der Waals surface area (Å²) >= 11 is 0. The number of ketones is 1. The Balaban J connectivity index is 1.64. The maximum atomic E-state index is 13.7. The number of carbonyl (C=O) groups excluding carboxylic acids is 2. The van der Waals surface area contributed by atoms with Gasteiger partial charge in [-0.05, 0) is 62.1 Å². The first-order chi connectivity index (χ1) is 19.9. The minimum absolute atomic E-state index is 0.0268. The fourth-order valence-electron chi connectivity index (χ4n) is 5.29. The minimum atomic E-state index is -0.823. The molecule has 212 valence electrons. The Labute approximate surface area is 239 Å². The van der Waals surface area contributed by atoms with Crippen LogP contribution in [-0.4, -0.2) is 50.8 Å². The third-order valence-electron chi connectivity index (χ3n) is 7.29. The molecule has 1 saturated heterocycles. The van der Waals surface area contributed by atoms with Crippen LogP contribution in [0.15, 0.2) is 78.5 Å². The van der Waals surface area contributed by atoms with Gasteiger partial charge in [0.2, 0.25) is 0 Å². The van der Waals surface area contributed by atoms with Crippen LogP contribution in [0.25, 0.3) is 11.4 Å². The molecule has 0 spiro atoms. The highest BCUT2D eigenvalue weighted by atomic mass is 16.5. The number of carbonyl (C=O) groups is 2. The maximum absolute atomic E-state index is 13.7. The number of hydrogen-bond donors (Lipinski definition) is 1. The fraction of sp³-hybridized carbons (Fsp3) is 0.303. The second-order valence-electron chi connectivity index (χ2n) is 10.0. The van der Waals surface area contributed by atoms with Gasteiger partial charge in [0.1, 0.15) is 11.3 Å². The largest absolute Gasteiger partial charge is 0.505 e. The Morgan fingerprint density at radius 1 is 0.976 bits per heavy atom. The molecule has 1 atom stereocenters. The van der Waals surface area contributed by atoms with Gasteiger partial charge in [-0.2, -0.15) is 0 Å². The van der Waals surface area contributed by atoms with E-state index in [0.717, 1.165) is 18.4 Å². The van der Waals surface area contributed by atoms with Crippen LogP contribution in [-0.2, 0) is 16.0 Å². The predicted molar refractivity (Wildman–Crippen MR) is 157 cm³/mol. The maximum Gasteiger partial charge on any atom is 0.295 e. The monoisotopic (exact) mass is 553 g/mol. The molecule has 0 bridgehead atoms. The summed E-state index contributed by atoms with van der Waals surface area (Å²) in [6.45, 7) is 7.03. The Hall–Kier alpha value is -4.59. The number of hydrogen-bond acceptors (Lipinski definition) is 6. The number of fused-ring (bicyclic) bond motifs is 1. The number of imidazole rings is 1. The number of aliphatic hydroxyl groups is 1. The summed E-state index contributed by atoms with van der Waals surface area (Å²) in [5, 5.41) is 11.7. The second kappa shape index (κ2) is 12.3. The number of likely N-dealkylation sites (tertiary alicyclic amines) is 1. The summed E-state index contributed by atoms with van der Waals surface area (Å²) in [6, 6.07) is 19.9. The molecule has 0 radical (unpaired) electrons. The van der Waals surface area contributed by atoms with Gasteiger partial charge in [-0.1, -0.05) is 55.8 Å². The first-order valence-electron chi connectivity index (χ1n) is 14.1. The molecule has 4 aromatic rings. The first kappa shape index (κ1) is 28.0. The van der Waals surface area contributed by atoms with E-state index in [1.165, 1.54) is 0 Å². The highest BCUT2D eigenvalue weighted by Crippen LogP contribution is 2.42. The second-order valence-corrected chi connectivity index (χ2v) is 10.0. The van der Waals surface area contributed by atoms with Crippen LogP contribution in [0, 0.1) is 6.92 Å². The Morgan fingerprint density at radius 2 is 1.76 bits per heavy atom. The summed E-state index contributed by atoms with van der Waals surface area (Å²) < 4.78 is 13.6. The molecule has 1 aliphatic heterocycles. The number of nitrogens with zero attached hydrogens (tertiary/aromatic N) is 3. The van der Waals surface area contributed by atoms with Gasteiger partial charge in [-0.3, -0.25) is 14.0 Å². The van der Waals surface area contributed by atoms with Crippen molar-refractivity contribution in [2.24, 2.45) is 0 Å². The molecule has 41 heavy (non-hydrogen) atoms. The Kier molecular flexibility index (Phi) is 8.38. The van der Waals surface area contributed by atoms with Crippen LogP contribution < -0.4 is 9.47 Å². The number of aliphatic hydroxyl groups excluding tert-OH is 1. The zero-order valence-corrected chi connectivity index (χ0v) is 23.7. The van der Waals surface area contributed by atoms with Gasteiger partial charge in [0.15, 0.2) is 17.3 Å². The summed E-state index contributed by atoms with van der Waals surface area (Å²) in [5.74, 6) is -0.510. The lowest BCUT2D eigenvalue weighted by Crippen LogP contribution is -2.31. The molecule has 1 N–H and O–H groups in total. The number of unbranched alkanes of at least 4 members (excludes halogenated alkanes) is 1. The van der Waals surface area contributed by atoms with E-state index in [0.29, 0.717) is 60.3 Å². The summed E-state index contributed by atoms with van der Waals surface area (Å²) in [5.41, 5.74) is 3.29. The third-order valence-corrected chi connectivity index (χ3v) is 7.29. The van der Waals surface area contributed by atoms with Gasteiger partial charge in [0.25, 0.3) is 11.7 Å². The molecule has 3 heterocycles. The standard InChI is InChI=1S/C33H35N3O5/c1-4-6-20-41-25-16-15-24(21-26(25)40-5-2)30-28(31(37)29-22(3)34-27-14-10-11-18-35(27)29)32(38)33(39)36(30)19-17-23-12-8-7-9-13-23/h7-16,18,21,30,37H,4-6,17,19-20H2,1-3H3/b31-28+. The van der Waals surface area contributed by atoms with Gasteiger partial charge in [0, 0.05) is 12.7 Å². The Morgan fingerprint density at radius 3 is 2.51 bits per heavy atom. The smallest absolute Gasteiger partial charge is 0.295 e. The normalized spacial score (nSPS) is 16.5. The van der Waals surface area contributed by atoms with Crippen LogP contribution in [0.5, 0.6) is 11.5 Å². The van der Waals surface area contributed by atoms with Gasteiger partial charge in [-0.15, -0.1) is 0 Å². The molecule has 1 aliphatic rings. The molecule has 5 rings (SSSR count). The van der Waals surface area contributed by atoms with Crippen molar-refractivity contribution in [3.05, 3.63) is 101 Å². The van der Waals surface area contributed by atoms with Gasteiger partial charge >= 0.3 is 0 Å². The van der Waals surface area contributed by atoms with Crippen molar-refractivity contribution in [3.8, 4) is 11.5 Å². The number of aromatic nitrogens is 2. The molecular formula is C33H35N3O5. The van der Waals surface area contributed by atoms with Crippen LogP contribution in [0.4, 0.5) is 0 Å². The van der Waals surface area contributed by atoms with E-state index < -0.39 is 17.7 Å². The number of rotatable bonds is 11. The number of benzene rings is 2. The zero-order chi connectivity index (χ0) is 28.9. The number of amides is 1.